The third-order valence-corrected chi connectivity index (χ3v) is 9.67. The smallest absolute Gasteiger partial charge is 0.462 e. The predicted octanol–water partition coefficient (Wildman–Crippen LogP) is 11.9. The molecule has 10 heteroatoms. The van der Waals surface area contributed by atoms with E-state index in [0.29, 0.717) is 12.8 Å². The van der Waals surface area contributed by atoms with Crippen molar-refractivity contribution in [1.82, 2.24) is 0 Å². The molecule has 308 valence electrons. The summed E-state index contributed by atoms with van der Waals surface area (Å²) in [7, 11) is -4.39. The van der Waals surface area contributed by atoms with Crippen LogP contribution in [0.15, 0.2) is 48.6 Å². The molecule has 0 heterocycles. The minimum atomic E-state index is -4.39. The van der Waals surface area contributed by atoms with Crippen LogP contribution in [0, 0.1) is 0 Å². The monoisotopic (exact) mass is 768 g/mol. The molecule has 2 atom stereocenters. The zero-order valence-corrected chi connectivity index (χ0v) is 34.6. The summed E-state index contributed by atoms with van der Waals surface area (Å²) in [6.07, 6.45) is 44.3. The minimum Gasteiger partial charge on any atom is -0.462 e. The highest BCUT2D eigenvalue weighted by Crippen LogP contribution is 2.43. The number of esters is 2. The molecular weight excluding hydrogens is 689 g/mol. The Labute approximate surface area is 324 Å². The standard InChI is InChI=1S/C43H78NO8P/c1-3-5-7-9-11-13-15-17-19-20-22-23-25-27-29-31-33-35-42(45)49-39-41(40-51-53(47,48)50-38-37-44)52-43(46)36-34-32-30-28-26-24-21-18-16-14-12-10-8-6-4-2/h14,16-17,19,22-23,27,29,41H,3-13,15,18,20-21,24-26,28,30-40,44H2,1-2H3,(H,47,48)/b16-14+,19-17+,23-22+,29-27+/t41-/m1/s1. The van der Waals surface area contributed by atoms with E-state index in [9.17, 15) is 19.0 Å². The lowest BCUT2D eigenvalue weighted by molar-refractivity contribution is -0.161. The van der Waals surface area contributed by atoms with E-state index >= 15 is 0 Å². The van der Waals surface area contributed by atoms with Crippen LogP contribution in [-0.2, 0) is 32.7 Å². The van der Waals surface area contributed by atoms with Crippen molar-refractivity contribution in [2.24, 2.45) is 5.73 Å². The third kappa shape index (κ3) is 39.5. The van der Waals surface area contributed by atoms with Crippen molar-refractivity contribution in [3.63, 3.8) is 0 Å². The molecule has 53 heavy (non-hydrogen) atoms. The zero-order chi connectivity index (χ0) is 38.9. The molecule has 9 nitrogen and oxygen atoms in total. The van der Waals surface area contributed by atoms with E-state index < -0.39 is 32.5 Å². The number of unbranched alkanes of at least 4 members (excludes halogenated alkanes) is 18. The van der Waals surface area contributed by atoms with E-state index in [1.807, 2.05) is 0 Å². The average Bonchev–Trinajstić information content (AvgIpc) is 3.14. The first-order chi connectivity index (χ1) is 25.8. The molecule has 1 unspecified atom stereocenters. The fourth-order valence-electron chi connectivity index (χ4n) is 5.53. The number of rotatable bonds is 39. The zero-order valence-electron chi connectivity index (χ0n) is 33.7. The number of hydrogen-bond donors (Lipinski definition) is 2. The summed E-state index contributed by atoms with van der Waals surface area (Å²) in [5.74, 6) is -0.896. The van der Waals surface area contributed by atoms with E-state index in [1.165, 1.54) is 89.9 Å². The van der Waals surface area contributed by atoms with Gasteiger partial charge in [-0.15, -0.1) is 0 Å². The van der Waals surface area contributed by atoms with Crippen LogP contribution in [0.4, 0.5) is 0 Å². The average molecular weight is 768 g/mol. The first-order valence-electron chi connectivity index (χ1n) is 21.1. The molecule has 0 aliphatic heterocycles. The molecule has 0 saturated heterocycles. The number of phosphoric acid groups is 1. The molecule has 0 amide bonds. The summed E-state index contributed by atoms with van der Waals surface area (Å²) in [5.41, 5.74) is 5.34. The maximum absolute atomic E-state index is 12.6. The quantitative estimate of drug-likeness (QED) is 0.0271. The molecule has 3 N–H and O–H groups in total. The number of hydrogen-bond acceptors (Lipinski definition) is 8. The van der Waals surface area contributed by atoms with Gasteiger partial charge in [-0.3, -0.25) is 18.6 Å². The molecule has 0 aromatic rings. The molecule has 0 fully saturated rings. The Morgan fingerprint density at radius 3 is 1.55 bits per heavy atom. The van der Waals surface area contributed by atoms with Gasteiger partial charge < -0.3 is 20.1 Å². The lowest BCUT2D eigenvalue weighted by Crippen LogP contribution is -2.29. The second-order valence-corrected chi connectivity index (χ2v) is 15.3. The van der Waals surface area contributed by atoms with Gasteiger partial charge in [0.1, 0.15) is 6.61 Å². The summed E-state index contributed by atoms with van der Waals surface area (Å²) < 4.78 is 32.7. The maximum atomic E-state index is 12.6. The Bertz CT molecular complexity index is 1010. The largest absolute Gasteiger partial charge is 0.472 e. The van der Waals surface area contributed by atoms with Gasteiger partial charge in [0, 0.05) is 19.4 Å². The van der Waals surface area contributed by atoms with Gasteiger partial charge in [-0.1, -0.05) is 146 Å². The van der Waals surface area contributed by atoms with Gasteiger partial charge in [-0.2, -0.15) is 0 Å². The Balaban J connectivity index is 4.26. The van der Waals surface area contributed by atoms with Gasteiger partial charge in [0.2, 0.25) is 0 Å². The summed E-state index contributed by atoms with van der Waals surface area (Å²) in [4.78, 5) is 34.8. The fourth-order valence-corrected chi connectivity index (χ4v) is 6.29. The van der Waals surface area contributed by atoms with Gasteiger partial charge in [-0.05, 0) is 70.6 Å². The van der Waals surface area contributed by atoms with Gasteiger partial charge in [0.15, 0.2) is 6.10 Å². The highest BCUT2D eigenvalue weighted by molar-refractivity contribution is 7.47. The second kappa shape index (κ2) is 39.7. The van der Waals surface area contributed by atoms with E-state index in [-0.39, 0.29) is 32.6 Å². The number of phosphoric ester groups is 1. The van der Waals surface area contributed by atoms with Crippen LogP contribution < -0.4 is 5.73 Å². The minimum absolute atomic E-state index is 0.0451. The summed E-state index contributed by atoms with van der Waals surface area (Å²) in [5, 5.41) is 0. The molecule has 0 aromatic carbocycles. The fraction of sp³-hybridized carbons (Fsp3) is 0.767. The topological polar surface area (TPSA) is 134 Å². The van der Waals surface area contributed by atoms with Crippen molar-refractivity contribution < 1.29 is 37.6 Å². The third-order valence-electron chi connectivity index (χ3n) is 8.69. The Kier molecular flexibility index (Phi) is 38.1. The Morgan fingerprint density at radius 2 is 1.00 bits per heavy atom. The van der Waals surface area contributed by atoms with Crippen LogP contribution in [0.1, 0.15) is 181 Å². The van der Waals surface area contributed by atoms with E-state index in [1.54, 1.807) is 0 Å². The van der Waals surface area contributed by atoms with Crippen LogP contribution in [0.25, 0.3) is 0 Å². The van der Waals surface area contributed by atoms with Gasteiger partial charge in [-0.25, -0.2) is 4.57 Å². The van der Waals surface area contributed by atoms with Gasteiger partial charge in [0.25, 0.3) is 0 Å². The normalized spacial score (nSPS) is 13.8. The molecule has 0 aliphatic carbocycles. The highest BCUT2D eigenvalue weighted by Gasteiger charge is 2.25. The summed E-state index contributed by atoms with van der Waals surface area (Å²) in [6, 6.07) is 0. The molecule has 0 spiro atoms. The van der Waals surface area contributed by atoms with Crippen LogP contribution in [0.3, 0.4) is 0 Å². The van der Waals surface area contributed by atoms with Gasteiger partial charge >= 0.3 is 19.8 Å². The number of carbonyl (C=O) groups is 2. The van der Waals surface area contributed by atoms with Crippen LogP contribution in [-0.4, -0.2) is 49.3 Å². The molecule has 0 bridgehead atoms. The molecule has 0 saturated carbocycles. The lowest BCUT2D eigenvalue weighted by atomic mass is 10.1. The van der Waals surface area contributed by atoms with Crippen molar-refractivity contribution in [1.29, 1.82) is 0 Å². The van der Waals surface area contributed by atoms with E-state index in [2.05, 4.69) is 62.5 Å². The van der Waals surface area contributed by atoms with Crippen LogP contribution in [0.5, 0.6) is 0 Å². The molecule has 0 aromatic heterocycles. The molecule has 0 aliphatic rings. The molecule has 0 rings (SSSR count). The Hall–Kier alpha value is -2.03. The van der Waals surface area contributed by atoms with E-state index in [0.717, 1.165) is 51.4 Å². The summed E-state index contributed by atoms with van der Waals surface area (Å²) in [6.45, 7) is 3.64. The van der Waals surface area contributed by atoms with Crippen LogP contribution in [0.2, 0.25) is 0 Å². The van der Waals surface area contributed by atoms with Crippen molar-refractivity contribution in [2.45, 2.75) is 187 Å². The maximum Gasteiger partial charge on any atom is 0.472 e. The molecular formula is C43H78NO8P. The predicted molar refractivity (Wildman–Crippen MR) is 220 cm³/mol. The number of carbonyl (C=O) groups excluding carboxylic acids is 2. The van der Waals surface area contributed by atoms with Crippen molar-refractivity contribution in [3.8, 4) is 0 Å². The van der Waals surface area contributed by atoms with Gasteiger partial charge in [0.05, 0.1) is 13.2 Å². The summed E-state index contributed by atoms with van der Waals surface area (Å²) >= 11 is 0. The van der Waals surface area contributed by atoms with Crippen molar-refractivity contribution in [3.05, 3.63) is 48.6 Å². The highest BCUT2D eigenvalue weighted by atomic mass is 31.2. The first kappa shape index (κ1) is 51.0. The number of allylic oxidation sites excluding steroid dienone is 8. The number of nitrogens with two attached hydrogens (primary N) is 1. The van der Waals surface area contributed by atoms with Crippen LogP contribution >= 0.6 is 7.82 Å². The first-order valence-corrected chi connectivity index (χ1v) is 22.6. The van der Waals surface area contributed by atoms with Crippen molar-refractivity contribution >= 4 is 19.8 Å². The van der Waals surface area contributed by atoms with Crippen molar-refractivity contribution in [2.75, 3.05) is 26.4 Å². The second-order valence-electron chi connectivity index (χ2n) is 13.8. The SMILES string of the molecule is CCCCCC/C=C/CCCCCCCCCC(=O)O[C@H](COC(=O)CCC/C=C/C/C=C/C/C=C/CCCCCCCC)COP(=O)(O)OCCN. The lowest BCUT2D eigenvalue weighted by Gasteiger charge is -2.19. The van der Waals surface area contributed by atoms with E-state index in [4.69, 9.17) is 24.3 Å². The molecule has 0 radical (unpaired) electrons. The number of ether oxygens (including phenoxy) is 2. The Morgan fingerprint density at radius 1 is 0.566 bits per heavy atom.